The fourth-order valence-corrected chi connectivity index (χ4v) is 3.21. The van der Waals surface area contributed by atoms with Gasteiger partial charge in [0.05, 0.1) is 11.1 Å². The molecule has 29 heavy (non-hydrogen) atoms. The Morgan fingerprint density at radius 2 is 1.69 bits per heavy atom. The number of rotatable bonds is 10. The van der Waals surface area contributed by atoms with Crippen LogP contribution in [-0.2, 0) is 4.79 Å². The van der Waals surface area contributed by atoms with Crippen LogP contribution in [-0.4, -0.2) is 61.3 Å². The van der Waals surface area contributed by atoms with Gasteiger partial charge in [0, 0.05) is 38.6 Å². The number of unbranched alkanes of at least 4 members (excludes halogenated alkanes) is 1. The molecule has 3 rings (SSSR count). The van der Waals surface area contributed by atoms with Crippen molar-refractivity contribution in [1.29, 1.82) is 0 Å². The van der Waals surface area contributed by atoms with Gasteiger partial charge in [0.15, 0.2) is 5.96 Å². The van der Waals surface area contributed by atoms with Gasteiger partial charge in [-0.15, -0.1) is 0 Å². The van der Waals surface area contributed by atoms with Crippen LogP contribution in [0.3, 0.4) is 0 Å². The van der Waals surface area contributed by atoms with Gasteiger partial charge >= 0.3 is 0 Å². The molecule has 0 saturated heterocycles. The summed E-state index contributed by atoms with van der Waals surface area (Å²) in [7, 11) is 0. The zero-order valence-electron chi connectivity index (χ0n) is 16.9. The van der Waals surface area contributed by atoms with Crippen molar-refractivity contribution >= 4 is 23.7 Å². The van der Waals surface area contributed by atoms with Crippen LogP contribution in [0.15, 0.2) is 29.3 Å². The summed E-state index contributed by atoms with van der Waals surface area (Å²) >= 11 is 0. The van der Waals surface area contributed by atoms with Gasteiger partial charge in [0.25, 0.3) is 11.8 Å². The molecule has 1 fully saturated rings. The maximum Gasteiger partial charge on any atom is 0.261 e. The van der Waals surface area contributed by atoms with Crippen molar-refractivity contribution in [2.75, 3.05) is 32.7 Å². The SMILES string of the molecule is CCNC(=NCCCCN1C(=O)c2ccccc2C1=O)NCCNC(=O)C1CC1. The lowest BCUT2D eigenvalue weighted by Crippen LogP contribution is -2.41. The van der Waals surface area contributed by atoms with Gasteiger partial charge in [-0.05, 0) is 44.7 Å². The summed E-state index contributed by atoms with van der Waals surface area (Å²) < 4.78 is 0. The van der Waals surface area contributed by atoms with Crippen LogP contribution < -0.4 is 16.0 Å². The van der Waals surface area contributed by atoms with E-state index in [4.69, 9.17) is 0 Å². The molecule has 1 aliphatic heterocycles. The molecule has 8 heteroatoms. The summed E-state index contributed by atoms with van der Waals surface area (Å²) in [5.41, 5.74) is 0.978. The van der Waals surface area contributed by atoms with Crippen molar-refractivity contribution in [3.63, 3.8) is 0 Å². The van der Waals surface area contributed by atoms with E-state index in [1.165, 1.54) is 4.90 Å². The second kappa shape index (κ2) is 10.0. The standard InChI is InChI=1S/C21H29N5O3/c1-2-22-21(25-13-12-23-18(27)15-9-10-15)24-11-5-6-14-26-19(28)16-7-3-4-8-17(16)20(26)29/h3-4,7-8,15H,2,5-6,9-14H2,1H3,(H,23,27)(H2,22,24,25). The summed E-state index contributed by atoms with van der Waals surface area (Å²) in [5.74, 6) is 0.643. The lowest BCUT2D eigenvalue weighted by Gasteiger charge is -2.14. The molecule has 0 spiro atoms. The number of benzene rings is 1. The highest BCUT2D eigenvalue weighted by atomic mass is 16.2. The number of nitrogens with one attached hydrogen (secondary N) is 3. The van der Waals surface area contributed by atoms with E-state index < -0.39 is 0 Å². The minimum Gasteiger partial charge on any atom is -0.357 e. The Hall–Kier alpha value is -2.90. The molecule has 1 saturated carbocycles. The number of amides is 3. The molecule has 156 valence electrons. The first-order valence-electron chi connectivity index (χ1n) is 10.4. The highest BCUT2D eigenvalue weighted by Crippen LogP contribution is 2.28. The molecular weight excluding hydrogens is 370 g/mol. The van der Waals surface area contributed by atoms with Crippen molar-refractivity contribution < 1.29 is 14.4 Å². The number of fused-ring (bicyclic) bond motifs is 1. The summed E-state index contributed by atoms with van der Waals surface area (Å²) in [6.45, 7) is 4.91. The molecule has 1 aromatic rings. The third-order valence-corrected chi connectivity index (χ3v) is 4.95. The molecular formula is C21H29N5O3. The quantitative estimate of drug-likeness (QED) is 0.237. The smallest absolute Gasteiger partial charge is 0.261 e. The van der Waals surface area contributed by atoms with Crippen molar-refractivity contribution in [3.05, 3.63) is 35.4 Å². The van der Waals surface area contributed by atoms with Crippen LogP contribution in [0.4, 0.5) is 0 Å². The van der Waals surface area contributed by atoms with E-state index in [-0.39, 0.29) is 23.6 Å². The number of carbonyl (C=O) groups is 3. The number of guanidine groups is 1. The van der Waals surface area contributed by atoms with Crippen LogP contribution in [0.5, 0.6) is 0 Å². The molecule has 0 aromatic heterocycles. The van der Waals surface area contributed by atoms with Crippen molar-refractivity contribution in [3.8, 4) is 0 Å². The Balaban J connectivity index is 1.36. The van der Waals surface area contributed by atoms with Gasteiger partial charge in [-0.1, -0.05) is 12.1 Å². The number of carbonyl (C=O) groups excluding carboxylic acids is 3. The van der Waals surface area contributed by atoms with Crippen LogP contribution in [0, 0.1) is 5.92 Å². The van der Waals surface area contributed by atoms with Crippen LogP contribution in [0.2, 0.25) is 0 Å². The molecule has 0 unspecified atom stereocenters. The van der Waals surface area contributed by atoms with Crippen LogP contribution in [0.25, 0.3) is 0 Å². The fraction of sp³-hybridized carbons (Fsp3) is 0.524. The molecule has 1 aliphatic carbocycles. The number of aliphatic imine (C=N–C) groups is 1. The van der Waals surface area contributed by atoms with Gasteiger partial charge in [0.1, 0.15) is 0 Å². The average Bonchev–Trinajstić information content (AvgIpc) is 3.55. The topological polar surface area (TPSA) is 103 Å². The third kappa shape index (κ3) is 5.56. The molecule has 3 amide bonds. The van der Waals surface area contributed by atoms with Crippen molar-refractivity contribution in [2.24, 2.45) is 10.9 Å². The minimum atomic E-state index is -0.211. The molecule has 0 atom stereocenters. The second-order valence-electron chi connectivity index (χ2n) is 7.27. The second-order valence-corrected chi connectivity index (χ2v) is 7.27. The molecule has 0 bridgehead atoms. The van der Waals surface area contributed by atoms with E-state index in [0.29, 0.717) is 49.7 Å². The Labute approximate surface area is 171 Å². The van der Waals surface area contributed by atoms with E-state index in [2.05, 4.69) is 20.9 Å². The van der Waals surface area contributed by atoms with Gasteiger partial charge < -0.3 is 16.0 Å². The summed E-state index contributed by atoms with van der Waals surface area (Å²) in [4.78, 5) is 42.1. The van der Waals surface area contributed by atoms with Crippen LogP contribution >= 0.6 is 0 Å². The van der Waals surface area contributed by atoms with Crippen molar-refractivity contribution in [1.82, 2.24) is 20.9 Å². The predicted molar refractivity (Wildman–Crippen MR) is 111 cm³/mol. The Kier molecular flexibility index (Phi) is 7.21. The molecule has 1 heterocycles. The van der Waals surface area contributed by atoms with Gasteiger partial charge in [-0.2, -0.15) is 0 Å². The van der Waals surface area contributed by atoms with Crippen LogP contribution in [0.1, 0.15) is 53.3 Å². The minimum absolute atomic E-state index is 0.141. The largest absolute Gasteiger partial charge is 0.357 e. The lowest BCUT2D eigenvalue weighted by atomic mass is 10.1. The maximum absolute atomic E-state index is 12.3. The first-order chi connectivity index (χ1) is 14.1. The third-order valence-electron chi connectivity index (χ3n) is 4.95. The molecule has 8 nitrogen and oxygen atoms in total. The summed E-state index contributed by atoms with van der Waals surface area (Å²) in [6.07, 6.45) is 3.47. The zero-order chi connectivity index (χ0) is 20.6. The van der Waals surface area contributed by atoms with E-state index >= 15 is 0 Å². The van der Waals surface area contributed by atoms with Gasteiger partial charge in [-0.3, -0.25) is 24.3 Å². The highest BCUT2D eigenvalue weighted by molar-refractivity contribution is 6.21. The molecule has 1 aromatic carbocycles. The van der Waals surface area contributed by atoms with E-state index in [1.54, 1.807) is 24.3 Å². The number of hydrogen-bond acceptors (Lipinski definition) is 4. The first kappa shape index (κ1) is 20.8. The van der Waals surface area contributed by atoms with E-state index in [1.807, 2.05) is 6.92 Å². The number of nitrogens with zero attached hydrogens (tertiary/aromatic N) is 2. The first-order valence-corrected chi connectivity index (χ1v) is 10.4. The molecule has 3 N–H and O–H groups in total. The van der Waals surface area contributed by atoms with Gasteiger partial charge in [-0.25, -0.2) is 0 Å². The summed E-state index contributed by atoms with van der Waals surface area (Å²) in [6, 6.07) is 6.94. The maximum atomic E-state index is 12.3. The monoisotopic (exact) mass is 399 g/mol. The highest BCUT2D eigenvalue weighted by Gasteiger charge is 2.34. The average molecular weight is 399 g/mol. The summed E-state index contributed by atoms with van der Waals surface area (Å²) in [5, 5.41) is 9.28. The van der Waals surface area contributed by atoms with Crippen molar-refractivity contribution in [2.45, 2.75) is 32.6 Å². The fourth-order valence-electron chi connectivity index (χ4n) is 3.21. The molecule has 0 radical (unpaired) electrons. The Morgan fingerprint density at radius 3 is 2.31 bits per heavy atom. The number of hydrogen-bond donors (Lipinski definition) is 3. The molecule has 2 aliphatic rings. The van der Waals surface area contributed by atoms with E-state index in [0.717, 1.165) is 25.8 Å². The number of imide groups is 1. The zero-order valence-corrected chi connectivity index (χ0v) is 16.9. The Bertz CT molecular complexity index is 753. The normalized spacial score (nSPS) is 16.0. The Morgan fingerprint density at radius 1 is 1.03 bits per heavy atom. The predicted octanol–water partition coefficient (Wildman–Crippen LogP) is 1.14. The van der Waals surface area contributed by atoms with Gasteiger partial charge in [0.2, 0.25) is 5.91 Å². The lowest BCUT2D eigenvalue weighted by molar-refractivity contribution is -0.122. The van der Waals surface area contributed by atoms with E-state index in [9.17, 15) is 14.4 Å².